The van der Waals surface area contributed by atoms with Gasteiger partial charge in [0.2, 0.25) is 4.80 Å². The number of nitrogens with zero attached hydrogens (tertiary/aromatic N) is 3. The molecule has 0 aliphatic heterocycles. The largest absolute Gasteiger partial charge is 0.493 e. The van der Waals surface area contributed by atoms with Gasteiger partial charge in [-0.15, -0.1) is 0 Å². The van der Waals surface area contributed by atoms with Gasteiger partial charge in [-0.25, -0.2) is 0 Å². The van der Waals surface area contributed by atoms with Gasteiger partial charge < -0.3 is 9.47 Å². The van der Waals surface area contributed by atoms with Crippen LogP contribution in [0.2, 0.25) is 0 Å². The highest BCUT2D eigenvalue weighted by Crippen LogP contribution is 2.36. The van der Waals surface area contributed by atoms with Crippen LogP contribution in [0.25, 0.3) is 10.6 Å². The predicted octanol–water partition coefficient (Wildman–Crippen LogP) is 3.75. The third kappa shape index (κ3) is 4.87. The molecule has 0 saturated heterocycles. The van der Waals surface area contributed by atoms with Crippen molar-refractivity contribution in [3.63, 3.8) is 0 Å². The Labute approximate surface area is 178 Å². The van der Waals surface area contributed by atoms with Gasteiger partial charge in [0.25, 0.3) is 0 Å². The number of ether oxygens (including phenoxy) is 2. The number of hydrogen-bond acceptors (Lipinski definition) is 8. The third-order valence-corrected chi connectivity index (χ3v) is 5.88. The maximum Gasteiger partial charge on any atom is 0.206 e. The Balaban J connectivity index is 1.94. The van der Waals surface area contributed by atoms with E-state index in [1.807, 2.05) is 60.9 Å². The second kappa shape index (κ2) is 9.25. The van der Waals surface area contributed by atoms with Gasteiger partial charge in [-0.3, -0.25) is 15.1 Å². The fourth-order valence-electron chi connectivity index (χ4n) is 2.75. The van der Waals surface area contributed by atoms with Gasteiger partial charge in [0.05, 0.1) is 14.2 Å². The summed E-state index contributed by atoms with van der Waals surface area (Å²) in [4.78, 5) is 1.18. The first-order valence-corrected chi connectivity index (χ1v) is 10.4. The van der Waals surface area contributed by atoms with Crippen LogP contribution in [0.4, 0.5) is 0 Å². The van der Waals surface area contributed by atoms with Crippen LogP contribution >= 0.6 is 23.3 Å². The van der Waals surface area contributed by atoms with Crippen LogP contribution in [0.3, 0.4) is 0 Å². The Morgan fingerprint density at radius 2 is 1.79 bits per heavy atom. The van der Waals surface area contributed by atoms with Gasteiger partial charge in [0.1, 0.15) is 10.8 Å². The normalized spacial score (nSPS) is 10.9. The van der Waals surface area contributed by atoms with Crippen molar-refractivity contribution >= 4 is 29.1 Å². The summed E-state index contributed by atoms with van der Waals surface area (Å²) < 4.78 is 14.2. The second-order valence-corrected chi connectivity index (χ2v) is 8.66. The first kappa shape index (κ1) is 21.1. The smallest absolute Gasteiger partial charge is 0.206 e. The summed E-state index contributed by atoms with van der Waals surface area (Å²) >= 11 is 2.80. The molecule has 0 radical (unpaired) electrons. The highest BCUT2D eigenvalue weighted by Gasteiger charge is 2.17. The molecule has 152 valence electrons. The topological polar surface area (TPSA) is 87.2 Å². The number of nitrogens with one attached hydrogen (secondary N) is 2. The van der Waals surface area contributed by atoms with E-state index < -0.39 is 0 Å². The number of benzene rings is 2. The van der Waals surface area contributed by atoms with E-state index in [-0.39, 0.29) is 10.6 Å². The van der Waals surface area contributed by atoms with Gasteiger partial charge in [0, 0.05) is 16.9 Å². The van der Waals surface area contributed by atoms with Gasteiger partial charge in [0.15, 0.2) is 11.5 Å². The van der Waals surface area contributed by atoms with E-state index >= 15 is 0 Å². The molecule has 3 aromatic rings. The summed E-state index contributed by atoms with van der Waals surface area (Å²) in [6.45, 7) is 0. The zero-order chi connectivity index (χ0) is 21.0. The molecule has 2 aromatic carbocycles. The number of methoxy groups -OCH3 is 2. The van der Waals surface area contributed by atoms with Crippen molar-refractivity contribution in [1.29, 1.82) is 10.8 Å². The highest BCUT2D eigenvalue weighted by molar-refractivity contribution is 7.97. The van der Waals surface area contributed by atoms with Gasteiger partial charge >= 0.3 is 0 Å². The average Bonchev–Trinajstić information content (AvgIpc) is 3.11. The van der Waals surface area contributed by atoms with E-state index in [1.54, 1.807) is 26.2 Å². The molecule has 0 spiro atoms. The summed E-state index contributed by atoms with van der Waals surface area (Å²) in [6.07, 6.45) is 0.311. The third-order valence-electron chi connectivity index (χ3n) is 4.06. The molecule has 0 amide bonds. The van der Waals surface area contributed by atoms with Crippen LogP contribution in [-0.4, -0.2) is 48.2 Å². The fraction of sp³-hybridized carbons (Fsp3) is 0.250. The minimum absolute atomic E-state index is 0.219. The monoisotopic (exact) mass is 429 g/mol. The van der Waals surface area contributed by atoms with E-state index in [2.05, 4.69) is 5.10 Å². The molecule has 0 bridgehead atoms. The molecule has 3 rings (SSSR count). The lowest BCUT2D eigenvalue weighted by Gasteiger charge is -2.17. The van der Waals surface area contributed by atoms with Crippen molar-refractivity contribution in [2.45, 2.75) is 11.3 Å². The Bertz CT molecular complexity index is 1060. The molecule has 1 aromatic heterocycles. The van der Waals surface area contributed by atoms with E-state index in [9.17, 15) is 0 Å². The summed E-state index contributed by atoms with van der Waals surface area (Å²) in [6, 6.07) is 13.5. The lowest BCUT2D eigenvalue weighted by Crippen LogP contribution is -2.25. The molecular formula is C20H23N5O2S2. The van der Waals surface area contributed by atoms with Crippen molar-refractivity contribution in [2.24, 2.45) is 0 Å². The summed E-state index contributed by atoms with van der Waals surface area (Å²) in [5, 5.41) is 22.1. The van der Waals surface area contributed by atoms with Crippen LogP contribution in [0.5, 0.6) is 11.5 Å². The standard InChI is InChI=1S/C20H23N5O2S2/c1-24(2)29-17-12-16(27-4)15(26-3)10-14(17)11-18(21)25-20(22)28-19(23-25)13-8-6-5-7-9-13/h5-10,12,21-22H,11H2,1-4H3. The molecule has 0 saturated carbocycles. The number of aromatic nitrogens is 2. The Hall–Kier alpha value is -2.62. The molecule has 1 heterocycles. The zero-order valence-corrected chi connectivity index (χ0v) is 18.4. The Morgan fingerprint density at radius 1 is 1.14 bits per heavy atom. The Morgan fingerprint density at radius 3 is 2.41 bits per heavy atom. The molecule has 7 nitrogen and oxygen atoms in total. The van der Waals surface area contributed by atoms with Crippen molar-refractivity contribution < 1.29 is 9.47 Å². The molecule has 0 aliphatic carbocycles. The van der Waals surface area contributed by atoms with Crippen LogP contribution < -0.4 is 14.3 Å². The van der Waals surface area contributed by atoms with Crippen molar-refractivity contribution in [3.05, 3.63) is 52.8 Å². The quantitative estimate of drug-likeness (QED) is 0.339. The lowest BCUT2D eigenvalue weighted by atomic mass is 10.1. The van der Waals surface area contributed by atoms with E-state index in [4.69, 9.17) is 20.3 Å². The summed E-state index contributed by atoms with van der Waals surface area (Å²) in [7, 11) is 7.11. The minimum Gasteiger partial charge on any atom is -0.493 e. The average molecular weight is 430 g/mol. The minimum atomic E-state index is 0.219. The second-order valence-electron chi connectivity index (χ2n) is 6.33. The Kier molecular flexibility index (Phi) is 6.73. The molecule has 0 atom stereocenters. The van der Waals surface area contributed by atoms with E-state index in [0.29, 0.717) is 17.9 Å². The fourth-order valence-corrected chi connectivity index (χ4v) is 4.35. The van der Waals surface area contributed by atoms with Gasteiger partial charge in [-0.05, 0) is 43.7 Å². The lowest BCUT2D eigenvalue weighted by molar-refractivity contribution is 0.353. The molecule has 2 N–H and O–H groups in total. The predicted molar refractivity (Wildman–Crippen MR) is 117 cm³/mol. The van der Waals surface area contributed by atoms with Gasteiger partial charge in [-0.1, -0.05) is 41.7 Å². The zero-order valence-electron chi connectivity index (χ0n) is 16.7. The number of rotatable bonds is 7. The van der Waals surface area contributed by atoms with Crippen molar-refractivity contribution in [2.75, 3.05) is 28.3 Å². The highest BCUT2D eigenvalue weighted by atomic mass is 32.2. The van der Waals surface area contributed by atoms with Crippen molar-refractivity contribution in [1.82, 2.24) is 14.1 Å². The molecule has 0 unspecified atom stereocenters. The van der Waals surface area contributed by atoms with Crippen LogP contribution in [0, 0.1) is 10.8 Å². The maximum absolute atomic E-state index is 8.58. The summed E-state index contributed by atoms with van der Waals surface area (Å²) in [5.74, 6) is 1.47. The van der Waals surface area contributed by atoms with E-state index in [0.717, 1.165) is 21.0 Å². The molecule has 9 heteroatoms. The SMILES string of the molecule is COc1cc(CC(=N)n2nc(-c3ccccc3)sc2=N)c(SN(C)C)cc1OC. The van der Waals surface area contributed by atoms with Crippen LogP contribution in [-0.2, 0) is 6.42 Å². The number of hydrogen-bond donors (Lipinski definition) is 2. The summed E-state index contributed by atoms with van der Waals surface area (Å²) in [5.41, 5.74) is 1.85. The molecule has 29 heavy (non-hydrogen) atoms. The first-order chi connectivity index (χ1) is 13.9. The van der Waals surface area contributed by atoms with Crippen molar-refractivity contribution in [3.8, 4) is 22.1 Å². The molecule has 0 aliphatic rings. The van der Waals surface area contributed by atoms with Crippen LogP contribution in [0.15, 0.2) is 47.4 Å². The molecular weight excluding hydrogens is 406 g/mol. The first-order valence-electron chi connectivity index (χ1n) is 8.81. The molecule has 0 fully saturated rings. The van der Waals surface area contributed by atoms with Gasteiger partial charge in [-0.2, -0.15) is 9.78 Å². The van der Waals surface area contributed by atoms with E-state index in [1.165, 1.54) is 16.0 Å². The van der Waals surface area contributed by atoms with Crippen LogP contribution in [0.1, 0.15) is 5.56 Å². The maximum atomic E-state index is 8.58.